The van der Waals surface area contributed by atoms with E-state index >= 15 is 0 Å². The smallest absolute Gasteiger partial charge is 0.0809 e. The fraction of sp³-hybridized carbons (Fsp3) is 0.647. The Balaban J connectivity index is 2.19. The fourth-order valence-electron chi connectivity index (χ4n) is 3.23. The second-order valence-corrected chi connectivity index (χ2v) is 6.03. The van der Waals surface area contributed by atoms with Crippen LogP contribution in [0.3, 0.4) is 0 Å². The zero-order chi connectivity index (χ0) is 13.9. The van der Waals surface area contributed by atoms with E-state index in [1.54, 1.807) is 0 Å². The average Bonchev–Trinajstić information content (AvgIpc) is 2.39. The van der Waals surface area contributed by atoms with Crippen LogP contribution in [0.4, 0.5) is 0 Å². The molecule has 2 atom stereocenters. The Labute approximate surface area is 117 Å². The largest absolute Gasteiger partial charge is 0.374 e. The fourth-order valence-corrected chi connectivity index (χ4v) is 3.23. The maximum Gasteiger partial charge on any atom is 0.0809 e. The van der Waals surface area contributed by atoms with Gasteiger partial charge in [-0.15, -0.1) is 0 Å². The molecule has 19 heavy (non-hydrogen) atoms. The van der Waals surface area contributed by atoms with E-state index in [-0.39, 0.29) is 5.60 Å². The number of aryl methyl sites for hydroxylation is 2. The van der Waals surface area contributed by atoms with Crippen molar-refractivity contribution in [1.82, 2.24) is 5.32 Å². The van der Waals surface area contributed by atoms with Gasteiger partial charge in [0.1, 0.15) is 0 Å². The van der Waals surface area contributed by atoms with Gasteiger partial charge < -0.3 is 10.1 Å². The molecule has 0 bridgehead atoms. The Morgan fingerprint density at radius 1 is 1.26 bits per heavy atom. The van der Waals surface area contributed by atoms with Gasteiger partial charge in [-0.05, 0) is 70.2 Å². The van der Waals surface area contributed by atoms with Gasteiger partial charge in [0.15, 0.2) is 0 Å². The van der Waals surface area contributed by atoms with Crippen LogP contribution in [0.15, 0.2) is 18.2 Å². The lowest BCUT2D eigenvalue weighted by molar-refractivity contribution is -0.0871. The van der Waals surface area contributed by atoms with Crippen LogP contribution < -0.4 is 5.32 Å². The molecule has 0 aromatic heterocycles. The monoisotopic (exact) mass is 261 g/mol. The second kappa shape index (κ2) is 6.06. The van der Waals surface area contributed by atoms with Crippen molar-refractivity contribution in [2.24, 2.45) is 0 Å². The standard InChI is InChI=1S/C17H27NO/c1-13-8-7-9-14(2)15(13)12-16(18-4)17(3)10-5-6-11-19-17/h7-9,16,18H,5-6,10-12H2,1-4H3. The highest BCUT2D eigenvalue weighted by molar-refractivity contribution is 5.34. The Morgan fingerprint density at radius 3 is 2.47 bits per heavy atom. The van der Waals surface area contributed by atoms with E-state index in [0.29, 0.717) is 6.04 Å². The van der Waals surface area contributed by atoms with Gasteiger partial charge in [-0.2, -0.15) is 0 Å². The van der Waals surface area contributed by atoms with Gasteiger partial charge in [-0.25, -0.2) is 0 Å². The molecule has 0 aliphatic carbocycles. The van der Waals surface area contributed by atoms with Crippen molar-refractivity contribution < 1.29 is 4.74 Å². The van der Waals surface area contributed by atoms with Gasteiger partial charge in [0, 0.05) is 12.6 Å². The zero-order valence-corrected chi connectivity index (χ0v) is 12.8. The lowest BCUT2D eigenvalue weighted by atomic mass is 9.83. The predicted octanol–water partition coefficient (Wildman–Crippen LogP) is 3.39. The van der Waals surface area contributed by atoms with Crippen LogP contribution in [0.5, 0.6) is 0 Å². The highest BCUT2D eigenvalue weighted by atomic mass is 16.5. The van der Waals surface area contributed by atoms with Crippen LogP contribution in [0.1, 0.15) is 42.9 Å². The van der Waals surface area contributed by atoms with Gasteiger partial charge in [-0.1, -0.05) is 18.2 Å². The van der Waals surface area contributed by atoms with Gasteiger partial charge in [0.25, 0.3) is 0 Å². The van der Waals surface area contributed by atoms with Crippen molar-refractivity contribution in [1.29, 1.82) is 0 Å². The molecule has 1 heterocycles. The summed E-state index contributed by atoms with van der Waals surface area (Å²) in [5.41, 5.74) is 4.22. The molecule has 1 fully saturated rings. The molecule has 0 saturated carbocycles. The van der Waals surface area contributed by atoms with Gasteiger partial charge in [0.05, 0.1) is 5.60 Å². The predicted molar refractivity (Wildman–Crippen MR) is 80.7 cm³/mol. The molecule has 0 spiro atoms. The topological polar surface area (TPSA) is 21.3 Å². The number of rotatable bonds is 4. The lowest BCUT2D eigenvalue weighted by Gasteiger charge is -2.41. The van der Waals surface area contributed by atoms with E-state index in [9.17, 15) is 0 Å². The molecular weight excluding hydrogens is 234 g/mol. The van der Waals surface area contributed by atoms with Crippen LogP contribution in [0.2, 0.25) is 0 Å². The Kier molecular flexibility index (Phi) is 4.64. The minimum atomic E-state index is -0.0261. The van der Waals surface area contributed by atoms with Crippen molar-refractivity contribution in [3.05, 3.63) is 34.9 Å². The van der Waals surface area contributed by atoms with Gasteiger partial charge in [0.2, 0.25) is 0 Å². The SMILES string of the molecule is CNC(Cc1c(C)cccc1C)C1(C)CCCCO1. The zero-order valence-electron chi connectivity index (χ0n) is 12.8. The van der Waals surface area contributed by atoms with E-state index in [1.807, 2.05) is 0 Å². The minimum absolute atomic E-state index is 0.0261. The molecule has 2 nitrogen and oxygen atoms in total. The first kappa shape index (κ1) is 14.5. The van der Waals surface area contributed by atoms with Crippen molar-refractivity contribution in [3.63, 3.8) is 0 Å². The van der Waals surface area contributed by atoms with Crippen LogP contribution in [0, 0.1) is 13.8 Å². The van der Waals surface area contributed by atoms with Crippen LogP contribution in [0.25, 0.3) is 0 Å². The summed E-state index contributed by atoms with van der Waals surface area (Å²) in [6.45, 7) is 7.58. The van der Waals surface area contributed by atoms with Crippen molar-refractivity contribution in [2.45, 2.75) is 58.1 Å². The molecule has 1 saturated heterocycles. The highest BCUT2D eigenvalue weighted by Crippen LogP contribution is 2.30. The summed E-state index contributed by atoms with van der Waals surface area (Å²) in [7, 11) is 2.06. The Morgan fingerprint density at radius 2 is 1.95 bits per heavy atom. The van der Waals surface area contributed by atoms with E-state index in [4.69, 9.17) is 4.74 Å². The molecule has 2 rings (SSSR count). The lowest BCUT2D eigenvalue weighted by Crippen LogP contribution is -2.52. The molecule has 1 aliphatic rings. The third kappa shape index (κ3) is 3.18. The molecule has 0 radical (unpaired) electrons. The minimum Gasteiger partial charge on any atom is -0.374 e. The molecular formula is C17H27NO. The van der Waals surface area contributed by atoms with E-state index in [0.717, 1.165) is 19.4 Å². The number of nitrogens with one attached hydrogen (secondary N) is 1. The van der Waals surface area contributed by atoms with E-state index in [1.165, 1.54) is 29.5 Å². The first-order valence-corrected chi connectivity index (χ1v) is 7.43. The molecule has 1 aromatic rings. The molecule has 1 aliphatic heterocycles. The highest BCUT2D eigenvalue weighted by Gasteiger charge is 2.36. The third-order valence-electron chi connectivity index (χ3n) is 4.64. The van der Waals surface area contributed by atoms with Crippen LogP contribution >= 0.6 is 0 Å². The van der Waals surface area contributed by atoms with Crippen LogP contribution in [-0.2, 0) is 11.2 Å². The van der Waals surface area contributed by atoms with Gasteiger partial charge >= 0.3 is 0 Å². The van der Waals surface area contributed by atoms with E-state index < -0.39 is 0 Å². The summed E-state index contributed by atoms with van der Waals surface area (Å²) < 4.78 is 6.11. The Hall–Kier alpha value is -0.860. The first-order valence-electron chi connectivity index (χ1n) is 7.43. The third-order valence-corrected chi connectivity index (χ3v) is 4.64. The number of benzene rings is 1. The molecule has 2 unspecified atom stereocenters. The maximum absolute atomic E-state index is 6.11. The first-order chi connectivity index (χ1) is 9.07. The molecule has 2 heteroatoms. The average molecular weight is 261 g/mol. The second-order valence-electron chi connectivity index (χ2n) is 6.03. The summed E-state index contributed by atoms with van der Waals surface area (Å²) >= 11 is 0. The van der Waals surface area contributed by atoms with E-state index in [2.05, 4.69) is 51.3 Å². The molecule has 0 amide bonds. The normalized spacial score (nSPS) is 25.3. The van der Waals surface area contributed by atoms with Crippen molar-refractivity contribution >= 4 is 0 Å². The van der Waals surface area contributed by atoms with Crippen molar-refractivity contribution in [2.75, 3.05) is 13.7 Å². The number of hydrogen-bond donors (Lipinski definition) is 1. The van der Waals surface area contributed by atoms with Crippen molar-refractivity contribution in [3.8, 4) is 0 Å². The number of likely N-dealkylation sites (N-methyl/N-ethyl adjacent to an activating group) is 1. The Bertz CT molecular complexity index is 401. The summed E-state index contributed by atoms with van der Waals surface area (Å²) in [6.07, 6.45) is 4.69. The van der Waals surface area contributed by atoms with Gasteiger partial charge in [-0.3, -0.25) is 0 Å². The quantitative estimate of drug-likeness (QED) is 0.897. The summed E-state index contributed by atoms with van der Waals surface area (Å²) in [6, 6.07) is 6.94. The molecule has 1 aromatic carbocycles. The maximum atomic E-state index is 6.11. The summed E-state index contributed by atoms with van der Waals surface area (Å²) in [4.78, 5) is 0. The molecule has 1 N–H and O–H groups in total. The molecule has 106 valence electrons. The number of ether oxygens (including phenoxy) is 1. The number of hydrogen-bond acceptors (Lipinski definition) is 2. The summed E-state index contributed by atoms with van der Waals surface area (Å²) in [5, 5.41) is 3.49. The van der Waals surface area contributed by atoms with Crippen LogP contribution in [-0.4, -0.2) is 25.3 Å². The summed E-state index contributed by atoms with van der Waals surface area (Å²) in [5.74, 6) is 0.